The van der Waals surface area contributed by atoms with Crippen molar-refractivity contribution in [3.8, 4) is 33.4 Å². The lowest BCUT2D eigenvalue weighted by Gasteiger charge is -2.14. The summed E-state index contributed by atoms with van der Waals surface area (Å²) >= 11 is 6.71. The molecule has 11 rings (SSSR count). The predicted octanol–water partition coefficient (Wildman–Crippen LogP) is 14.1. The molecule has 0 aliphatic heterocycles. The van der Waals surface area contributed by atoms with E-state index in [1.807, 2.05) is 140 Å². The largest absolute Gasteiger partial charge is 0.460 e. The summed E-state index contributed by atoms with van der Waals surface area (Å²) in [6, 6.07) is 68.7. The molecule has 8 aromatic carbocycles. The fraction of sp³-hybridized carbons (Fsp3) is 0.250. The van der Waals surface area contributed by atoms with Crippen LogP contribution in [0, 0.1) is 0 Å². The van der Waals surface area contributed by atoms with Crippen molar-refractivity contribution >= 4 is 72.2 Å². The molecule has 0 aromatic heterocycles. The maximum atomic E-state index is 12.1. The van der Waals surface area contributed by atoms with E-state index in [4.69, 9.17) is 23.7 Å². The highest BCUT2D eigenvalue weighted by Gasteiger charge is 2.31. The number of carbonyl (C=O) groups excluding carboxylic acids is 6. The van der Waals surface area contributed by atoms with Gasteiger partial charge >= 0.3 is 30.2 Å². The number of nitrogens with one attached hydrogen (secondary N) is 3. The lowest BCUT2D eigenvalue weighted by molar-refractivity contribution is -0.142. The third-order valence-electron chi connectivity index (χ3n) is 14.5. The van der Waals surface area contributed by atoms with E-state index in [9.17, 15) is 28.8 Å². The molecule has 0 bridgehead atoms. The number of hydrogen-bond acceptors (Lipinski definition) is 14. The number of amides is 3. The van der Waals surface area contributed by atoms with Crippen LogP contribution in [0.5, 0.6) is 0 Å². The molecule has 3 N–H and O–H groups in total. The van der Waals surface area contributed by atoms with Crippen LogP contribution in [0.3, 0.4) is 0 Å². The Balaban J connectivity index is 0.000000161. The van der Waals surface area contributed by atoms with E-state index in [2.05, 4.69) is 101 Å². The number of thioether (sulfide) groups is 2. The number of fused-ring (bicyclic) bond motifs is 9. The van der Waals surface area contributed by atoms with Crippen molar-refractivity contribution < 1.29 is 52.5 Å². The van der Waals surface area contributed by atoms with E-state index in [1.165, 1.54) is 90.3 Å². The number of alkyl carbamates (subject to hydrolysis) is 3. The van der Waals surface area contributed by atoms with Gasteiger partial charge in [-0.15, -0.1) is 11.8 Å². The van der Waals surface area contributed by atoms with E-state index in [0.29, 0.717) is 63.3 Å². The summed E-state index contributed by atoms with van der Waals surface area (Å²) in [6.07, 6.45) is -1.21. The Morgan fingerprint density at radius 3 is 0.989 bits per heavy atom. The number of ketones is 1. The minimum Gasteiger partial charge on any atom is -0.460 e. The molecule has 0 heterocycles. The zero-order valence-electron chi connectivity index (χ0n) is 49.8. The van der Waals surface area contributed by atoms with Gasteiger partial charge in [-0.25, -0.2) is 14.4 Å². The molecule has 3 aliphatic carbocycles. The molecule has 0 unspecified atom stereocenters. The van der Waals surface area contributed by atoms with Crippen molar-refractivity contribution in [2.45, 2.75) is 44.8 Å². The molecule has 460 valence electrons. The Labute approximate surface area is 534 Å². The van der Waals surface area contributed by atoms with Gasteiger partial charge in [0.15, 0.2) is 0 Å². The number of Topliss-reactive ketones (excluding diaryl/α,β-unsaturated/α-hetero) is 1. The third-order valence-corrected chi connectivity index (χ3v) is 16.8. The smallest absolute Gasteiger partial charge is 0.407 e. The topological polar surface area (TPSA) is 185 Å². The van der Waals surface area contributed by atoms with Gasteiger partial charge < -0.3 is 39.6 Å². The summed E-state index contributed by atoms with van der Waals surface area (Å²) < 4.78 is 26.4. The van der Waals surface area contributed by atoms with Crippen LogP contribution in [0.25, 0.3) is 33.4 Å². The molecule has 89 heavy (non-hydrogen) atoms. The number of rotatable bonds is 22. The van der Waals surface area contributed by atoms with E-state index in [1.54, 1.807) is 6.92 Å². The first kappa shape index (κ1) is 66.2. The summed E-state index contributed by atoms with van der Waals surface area (Å²) in [6.45, 7) is 6.53. The Hall–Kier alpha value is -8.77. The molecule has 0 fully saturated rings. The second kappa shape index (κ2) is 35.3. The fourth-order valence-electron chi connectivity index (χ4n) is 10.5. The van der Waals surface area contributed by atoms with E-state index >= 15 is 0 Å². The molecule has 14 nitrogen and oxygen atoms in total. The number of ether oxygens (including phenoxy) is 5. The van der Waals surface area contributed by atoms with Crippen LogP contribution >= 0.6 is 36.2 Å². The summed E-state index contributed by atoms with van der Waals surface area (Å²) in [5.74, 6) is 2.00. The zero-order chi connectivity index (χ0) is 62.6. The molecule has 0 radical (unpaired) electrons. The average molecular weight is 1250 g/mol. The quantitative estimate of drug-likeness (QED) is 0.0218. The van der Waals surface area contributed by atoms with E-state index in [-0.39, 0.29) is 59.7 Å². The van der Waals surface area contributed by atoms with Crippen LogP contribution in [-0.4, -0.2) is 104 Å². The van der Waals surface area contributed by atoms with Gasteiger partial charge in [0.05, 0.1) is 17.3 Å². The number of esters is 2. The van der Waals surface area contributed by atoms with Gasteiger partial charge in [0.25, 0.3) is 0 Å². The highest BCUT2D eigenvalue weighted by molar-refractivity contribution is 8.00. The van der Waals surface area contributed by atoms with Crippen LogP contribution < -0.4 is 16.0 Å². The first-order chi connectivity index (χ1) is 43.5. The van der Waals surface area contributed by atoms with Crippen molar-refractivity contribution in [3.05, 3.63) is 251 Å². The molecule has 8 aromatic rings. The molecular weight excluding hydrogens is 1180 g/mol. The zero-order valence-corrected chi connectivity index (χ0v) is 52.3. The van der Waals surface area contributed by atoms with Crippen molar-refractivity contribution in [1.82, 2.24) is 16.0 Å². The molecule has 17 heteroatoms. The first-order valence-electron chi connectivity index (χ1n) is 29.4. The Morgan fingerprint density at radius 1 is 0.382 bits per heavy atom. The van der Waals surface area contributed by atoms with Crippen LogP contribution in [-0.2, 0) is 51.3 Å². The second-order valence-corrected chi connectivity index (χ2v) is 23.1. The highest BCUT2D eigenvalue weighted by Crippen LogP contribution is 2.47. The van der Waals surface area contributed by atoms with Gasteiger partial charge in [0.1, 0.15) is 38.8 Å². The van der Waals surface area contributed by atoms with Gasteiger partial charge in [0.2, 0.25) is 0 Å². The van der Waals surface area contributed by atoms with Crippen LogP contribution in [0.4, 0.5) is 14.4 Å². The maximum Gasteiger partial charge on any atom is 0.407 e. The lowest BCUT2D eigenvalue weighted by atomic mass is 9.98. The number of benzene rings is 8. The van der Waals surface area contributed by atoms with Crippen molar-refractivity contribution in [1.29, 1.82) is 0 Å². The summed E-state index contributed by atoms with van der Waals surface area (Å²) in [4.78, 5) is 68.9. The molecule has 3 amide bonds. The molecule has 3 aliphatic rings. The van der Waals surface area contributed by atoms with Crippen LogP contribution in [0.15, 0.2) is 206 Å². The highest BCUT2D eigenvalue weighted by atomic mass is 32.2. The van der Waals surface area contributed by atoms with Gasteiger partial charge in [0, 0.05) is 48.9 Å². The lowest BCUT2D eigenvalue weighted by Crippen LogP contribution is -2.28. The predicted molar refractivity (Wildman–Crippen MR) is 357 cm³/mol. The van der Waals surface area contributed by atoms with Crippen molar-refractivity contribution in [3.63, 3.8) is 0 Å². The molecular formula is C72H73N3O11S3. The maximum absolute atomic E-state index is 12.1. The van der Waals surface area contributed by atoms with Gasteiger partial charge in [-0.3, -0.25) is 14.4 Å². The van der Waals surface area contributed by atoms with Crippen molar-refractivity contribution in [2.24, 2.45) is 0 Å². The monoisotopic (exact) mass is 1250 g/mol. The number of hydrogen-bond donors (Lipinski definition) is 4. The molecule has 0 atom stereocenters. The Morgan fingerprint density at radius 2 is 0.674 bits per heavy atom. The minimum atomic E-state index is -0.445. The van der Waals surface area contributed by atoms with Crippen LogP contribution in [0.2, 0.25) is 0 Å². The molecule has 0 saturated carbocycles. The van der Waals surface area contributed by atoms with Gasteiger partial charge in [-0.1, -0.05) is 206 Å². The summed E-state index contributed by atoms with van der Waals surface area (Å²) in [5, 5.41) is 8.14. The van der Waals surface area contributed by atoms with Gasteiger partial charge in [-0.2, -0.15) is 24.4 Å². The summed E-state index contributed by atoms with van der Waals surface area (Å²) in [7, 11) is 0. The number of thiol groups is 1. The SMILES string of the molecule is CC(=O)CSCCNC(=O)OCC1c2ccccc2-c2ccccc21.CCNC(=O)OCC1c2ccccc2-c2ccccc21.O=C(CS)OCc1ccccc1.O=C(CSCCNC(=O)OCC1c2ccccc2-c2ccccc21)OCc1ccccc1. The Kier molecular flexibility index (Phi) is 26.2. The van der Waals surface area contributed by atoms with Crippen LogP contribution in [0.1, 0.15) is 76.1 Å². The minimum absolute atomic E-state index is 0.0434. The second-order valence-electron chi connectivity index (χ2n) is 20.6. The number of carbonyl (C=O) groups is 6. The van der Waals surface area contributed by atoms with E-state index < -0.39 is 12.2 Å². The normalized spacial score (nSPS) is 11.9. The molecule has 0 saturated heterocycles. The van der Waals surface area contributed by atoms with Gasteiger partial charge in [-0.05, 0) is 91.7 Å². The third kappa shape index (κ3) is 19.6. The fourth-order valence-corrected chi connectivity index (χ4v) is 11.9. The standard InChI is InChI=1S/C26H25NO4S.C20H21NO3S.C17H17NO2.C9H10O2S/c28-25(30-16-19-8-2-1-3-9-19)18-32-15-14-27-26(29)31-17-24-22-12-6-4-10-20(22)21-11-5-7-13-23(21)24;1-14(22)13-25-11-10-21-20(23)24-12-19-17-8-4-2-6-15(17)16-7-3-5-9-18(16)19;1-2-18-17(19)20-11-16-14-9-5-3-7-12(14)13-8-4-6-10-15(13)16;10-9(7-12)11-6-8-4-2-1-3-5-8/h1-13,24H,14-18H2,(H,27,29);2-9,19H,10-13H2,1H3,(H,21,23);3-10,16H,2,11H2,1H3,(H,18,19);1-5,12H,6-7H2. The molecule has 0 spiro atoms. The average Bonchev–Trinajstić information content (AvgIpc) is 1.69. The van der Waals surface area contributed by atoms with E-state index in [0.717, 1.165) is 11.1 Å². The first-order valence-corrected chi connectivity index (χ1v) is 32.4. The summed E-state index contributed by atoms with van der Waals surface area (Å²) in [5.41, 5.74) is 16.5. The Bertz CT molecular complexity index is 3490. The van der Waals surface area contributed by atoms with Crippen molar-refractivity contribution in [2.75, 3.05) is 68.2 Å².